The molecule has 5 rings (SSSR count). The van der Waals surface area contributed by atoms with E-state index in [1.165, 1.54) is 4.52 Å². The smallest absolute Gasteiger partial charge is 0.296 e. The maximum atomic E-state index is 13.5. The second kappa shape index (κ2) is 9.06. The summed E-state index contributed by atoms with van der Waals surface area (Å²) in [7, 11) is 0. The molecule has 0 aliphatic carbocycles. The lowest BCUT2D eigenvalue weighted by atomic mass is 10.1. The molecule has 0 radical (unpaired) electrons. The number of benzene rings is 3. The maximum Gasteiger partial charge on any atom is 0.296 e. The van der Waals surface area contributed by atoms with E-state index in [2.05, 4.69) is 15.4 Å². The van der Waals surface area contributed by atoms with E-state index in [-0.39, 0.29) is 17.0 Å². The van der Waals surface area contributed by atoms with Gasteiger partial charge in [0.15, 0.2) is 0 Å². The molecule has 0 unspecified atom stereocenters. The van der Waals surface area contributed by atoms with Gasteiger partial charge in [0.25, 0.3) is 11.5 Å². The van der Waals surface area contributed by atoms with Crippen LogP contribution in [0.4, 0.5) is 5.69 Å². The Hall–Kier alpha value is -4.46. The van der Waals surface area contributed by atoms with Gasteiger partial charge in [-0.05, 0) is 56.2 Å². The van der Waals surface area contributed by atoms with Crippen LogP contribution in [-0.2, 0) is 6.54 Å². The van der Waals surface area contributed by atoms with Crippen molar-refractivity contribution in [3.63, 3.8) is 0 Å². The van der Waals surface area contributed by atoms with E-state index in [1.807, 2.05) is 69.3 Å². The number of para-hydroxylation sites is 2. The molecule has 0 atom stereocenters. The Balaban J connectivity index is 1.61. The van der Waals surface area contributed by atoms with Crippen LogP contribution in [0.3, 0.4) is 0 Å². The summed E-state index contributed by atoms with van der Waals surface area (Å²) in [5.74, 6) is -0.0672. The van der Waals surface area contributed by atoms with Gasteiger partial charge >= 0.3 is 0 Å². The van der Waals surface area contributed by atoms with E-state index in [0.29, 0.717) is 30.1 Å². The quantitative estimate of drug-likeness (QED) is 0.401. The van der Waals surface area contributed by atoms with Crippen molar-refractivity contribution >= 4 is 28.3 Å². The summed E-state index contributed by atoms with van der Waals surface area (Å²) < 4.78 is 8.72. The Kier molecular flexibility index (Phi) is 5.78. The third-order valence-corrected chi connectivity index (χ3v) is 5.79. The van der Waals surface area contributed by atoms with Crippen molar-refractivity contribution in [2.24, 2.45) is 0 Å². The Labute approximate surface area is 201 Å². The number of aromatic nitrogens is 4. The third kappa shape index (κ3) is 4.26. The summed E-state index contributed by atoms with van der Waals surface area (Å²) in [6.07, 6.45) is 0. The van der Waals surface area contributed by atoms with Gasteiger partial charge in [0.2, 0.25) is 11.5 Å². The Morgan fingerprint density at radius 1 is 0.971 bits per heavy atom. The Morgan fingerprint density at radius 2 is 1.71 bits per heavy atom. The monoisotopic (exact) mass is 467 g/mol. The number of carbonyl (C=O) groups excluding carboxylic acids is 1. The van der Waals surface area contributed by atoms with Crippen molar-refractivity contribution in [1.29, 1.82) is 0 Å². The molecule has 1 amide bonds. The first-order valence-corrected chi connectivity index (χ1v) is 11.4. The number of aryl methyl sites for hydroxylation is 2. The number of anilines is 1. The van der Waals surface area contributed by atoms with Crippen molar-refractivity contribution in [2.45, 2.75) is 27.3 Å². The molecule has 0 aliphatic rings. The SMILES string of the molecule is CCOc1ccccc1NC(=O)c1nc2c(=O)n(Cc3ccc(C)cc3)c3cc(C)ccc3n2n1. The van der Waals surface area contributed by atoms with Crippen LogP contribution >= 0.6 is 0 Å². The van der Waals surface area contributed by atoms with Crippen molar-refractivity contribution in [3.8, 4) is 5.75 Å². The van der Waals surface area contributed by atoms with Crippen molar-refractivity contribution in [3.05, 3.63) is 99.6 Å². The summed E-state index contributed by atoms with van der Waals surface area (Å²) in [4.78, 5) is 30.9. The number of carbonyl (C=O) groups is 1. The zero-order chi connectivity index (χ0) is 24.5. The van der Waals surface area contributed by atoms with E-state index >= 15 is 0 Å². The summed E-state index contributed by atoms with van der Waals surface area (Å²) in [6.45, 7) is 6.71. The van der Waals surface area contributed by atoms with Crippen LogP contribution in [0.2, 0.25) is 0 Å². The largest absolute Gasteiger partial charge is 0.492 e. The lowest BCUT2D eigenvalue weighted by Crippen LogP contribution is -2.24. The average Bonchev–Trinajstić information content (AvgIpc) is 3.30. The molecule has 2 heterocycles. The molecule has 8 nitrogen and oxygen atoms in total. The normalized spacial score (nSPS) is 11.2. The highest BCUT2D eigenvalue weighted by molar-refractivity contribution is 6.02. The van der Waals surface area contributed by atoms with Crippen molar-refractivity contribution in [1.82, 2.24) is 19.2 Å². The van der Waals surface area contributed by atoms with Gasteiger partial charge in [0.05, 0.1) is 29.9 Å². The van der Waals surface area contributed by atoms with Gasteiger partial charge < -0.3 is 10.1 Å². The first-order valence-electron chi connectivity index (χ1n) is 11.4. The van der Waals surface area contributed by atoms with Gasteiger partial charge in [-0.15, -0.1) is 5.10 Å². The van der Waals surface area contributed by atoms with Crippen molar-refractivity contribution in [2.75, 3.05) is 11.9 Å². The molecule has 0 saturated carbocycles. The lowest BCUT2D eigenvalue weighted by molar-refractivity contribution is 0.101. The van der Waals surface area contributed by atoms with E-state index in [4.69, 9.17) is 4.74 Å². The number of nitrogens with zero attached hydrogens (tertiary/aromatic N) is 4. The van der Waals surface area contributed by atoms with Gasteiger partial charge in [0.1, 0.15) is 5.75 Å². The second-order valence-corrected chi connectivity index (χ2v) is 8.42. The average molecular weight is 468 g/mol. The van der Waals surface area contributed by atoms with E-state index in [1.54, 1.807) is 22.8 Å². The Morgan fingerprint density at radius 3 is 2.49 bits per heavy atom. The summed E-state index contributed by atoms with van der Waals surface area (Å²) >= 11 is 0. The number of nitrogens with one attached hydrogen (secondary N) is 1. The lowest BCUT2D eigenvalue weighted by Gasteiger charge is -2.12. The summed E-state index contributed by atoms with van der Waals surface area (Å²) in [5.41, 5.74) is 4.86. The van der Waals surface area contributed by atoms with Gasteiger partial charge in [-0.2, -0.15) is 4.98 Å². The minimum Gasteiger partial charge on any atom is -0.492 e. The molecule has 176 valence electrons. The Bertz CT molecular complexity index is 1620. The molecule has 8 heteroatoms. The van der Waals surface area contributed by atoms with Gasteiger partial charge in [-0.25, -0.2) is 4.52 Å². The molecule has 5 aromatic rings. The van der Waals surface area contributed by atoms with Gasteiger partial charge in [-0.3, -0.25) is 14.2 Å². The zero-order valence-corrected chi connectivity index (χ0v) is 19.8. The predicted molar refractivity (Wildman–Crippen MR) is 135 cm³/mol. The van der Waals surface area contributed by atoms with Crippen LogP contribution in [0.5, 0.6) is 5.75 Å². The molecule has 0 saturated heterocycles. The molecule has 3 aromatic carbocycles. The minimum atomic E-state index is -0.523. The number of amides is 1. The second-order valence-electron chi connectivity index (χ2n) is 8.42. The van der Waals surface area contributed by atoms with Crippen LogP contribution in [0, 0.1) is 13.8 Å². The van der Waals surface area contributed by atoms with Crippen LogP contribution in [0.25, 0.3) is 16.7 Å². The molecular formula is C27H25N5O3. The van der Waals surface area contributed by atoms with Gasteiger partial charge in [-0.1, -0.05) is 48.0 Å². The minimum absolute atomic E-state index is 0.0941. The number of hydrogen-bond acceptors (Lipinski definition) is 5. The fourth-order valence-electron chi connectivity index (χ4n) is 4.04. The molecule has 0 aliphatic heterocycles. The van der Waals surface area contributed by atoms with Gasteiger partial charge in [0, 0.05) is 0 Å². The summed E-state index contributed by atoms with van der Waals surface area (Å²) in [5, 5.41) is 7.20. The maximum absolute atomic E-state index is 13.5. The highest BCUT2D eigenvalue weighted by atomic mass is 16.5. The van der Waals surface area contributed by atoms with E-state index in [9.17, 15) is 9.59 Å². The predicted octanol–water partition coefficient (Wildman–Crippen LogP) is 4.36. The molecule has 35 heavy (non-hydrogen) atoms. The number of rotatable bonds is 6. The van der Waals surface area contributed by atoms with Crippen LogP contribution in [-0.4, -0.2) is 31.7 Å². The highest BCUT2D eigenvalue weighted by Gasteiger charge is 2.20. The number of ether oxygens (including phenoxy) is 1. The standard InChI is InChI=1S/C27H25N5O3/c1-4-35-23-8-6-5-7-20(23)28-26(33)24-29-25-27(34)31(16-19-12-9-17(2)10-13-19)22-15-18(3)11-14-21(22)32(25)30-24/h5-15H,4,16H2,1-3H3,(H,28,33). The molecule has 0 fully saturated rings. The number of fused-ring (bicyclic) bond motifs is 3. The summed E-state index contributed by atoms with van der Waals surface area (Å²) in [6, 6.07) is 21.0. The topological polar surface area (TPSA) is 90.5 Å². The first kappa shape index (κ1) is 22.3. The first-order chi connectivity index (χ1) is 16.9. The van der Waals surface area contributed by atoms with Crippen LogP contribution < -0.4 is 15.6 Å². The van der Waals surface area contributed by atoms with E-state index in [0.717, 1.165) is 22.2 Å². The van der Waals surface area contributed by atoms with Crippen molar-refractivity contribution < 1.29 is 9.53 Å². The fraction of sp³-hybridized carbons (Fsp3) is 0.185. The number of hydrogen-bond donors (Lipinski definition) is 1. The van der Waals surface area contributed by atoms with Crippen LogP contribution in [0.1, 0.15) is 34.2 Å². The fourth-order valence-corrected chi connectivity index (χ4v) is 4.04. The highest BCUT2D eigenvalue weighted by Crippen LogP contribution is 2.24. The van der Waals surface area contributed by atoms with Crippen LogP contribution in [0.15, 0.2) is 71.5 Å². The molecule has 0 bridgehead atoms. The molecule has 1 N–H and O–H groups in total. The van der Waals surface area contributed by atoms with E-state index < -0.39 is 5.91 Å². The molecule has 0 spiro atoms. The third-order valence-electron chi connectivity index (χ3n) is 5.79. The molecule has 2 aromatic heterocycles. The zero-order valence-electron chi connectivity index (χ0n) is 19.8. The molecular weight excluding hydrogens is 442 g/mol.